The van der Waals surface area contributed by atoms with Gasteiger partial charge in [0.2, 0.25) is 0 Å². The van der Waals surface area contributed by atoms with E-state index in [1.165, 1.54) is 12.1 Å². The number of halogens is 2. The Kier molecular flexibility index (Phi) is 4.93. The summed E-state index contributed by atoms with van der Waals surface area (Å²) in [6.45, 7) is 2.91. The van der Waals surface area contributed by atoms with Gasteiger partial charge in [0, 0.05) is 0 Å². The molecule has 0 heterocycles. The molecule has 0 fully saturated rings. The first-order valence-electron chi connectivity index (χ1n) is 5.34. The highest BCUT2D eigenvalue weighted by atomic mass is 35.5. The van der Waals surface area contributed by atoms with Gasteiger partial charge in [-0.2, -0.15) is 0 Å². The first-order valence-corrected chi connectivity index (χ1v) is 5.71. The number of aliphatic hydroxyl groups excluding tert-OH is 1. The van der Waals surface area contributed by atoms with E-state index in [0.29, 0.717) is 0 Å². The molecule has 0 bridgehead atoms. The molecule has 100 valence electrons. The van der Waals surface area contributed by atoms with Gasteiger partial charge in [-0.25, -0.2) is 4.39 Å². The summed E-state index contributed by atoms with van der Waals surface area (Å²) in [5, 5.41) is 11.7. The molecule has 0 unspecified atom stereocenters. The van der Waals surface area contributed by atoms with Crippen molar-refractivity contribution in [2.75, 3.05) is 13.2 Å². The van der Waals surface area contributed by atoms with Crippen molar-refractivity contribution in [3.8, 4) is 5.75 Å². The topological polar surface area (TPSA) is 58.6 Å². The molecular formula is C12H15ClFNO3. The molecular weight excluding hydrogens is 261 g/mol. The number of hydrogen-bond acceptors (Lipinski definition) is 3. The van der Waals surface area contributed by atoms with Crippen molar-refractivity contribution in [1.29, 1.82) is 0 Å². The molecule has 0 radical (unpaired) electrons. The van der Waals surface area contributed by atoms with E-state index < -0.39 is 17.3 Å². The van der Waals surface area contributed by atoms with Gasteiger partial charge in [-0.05, 0) is 32.0 Å². The molecule has 0 aliphatic carbocycles. The van der Waals surface area contributed by atoms with Crippen molar-refractivity contribution in [3.05, 3.63) is 29.0 Å². The lowest BCUT2D eigenvalue weighted by atomic mass is 10.1. The lowest BCUT2D eigenvalue weighted by molar-refractivity contribution is -0.125. The predicted molar refractivity (Wildman–Crippen MR) is 66.2 cm³/mol. The Morgan fingerprint density at radius 1 is 1.56 bits per heavy atom. The van der Waals surface area contributed by atoms with Crippen molar-refractivity contribution in [1.82, 2.24) is 5.32 Å². The molecule has 0 spiro atoms. The highest BCUT2D eigenvalue weighted by Gasteiger charge is 2.19. The van der Waals surface area contributed by atoms with Crippen LogP contribution in [0.2, 0.25) is 5.02 Å². The zero-order valence-electron chi connectivity index (χ0n) is 10.2. The van der Waals surface area contributed by atoms with E-state index in [9.17, 15) is 9.18 Å². The summed E-state index contributed by atoms with van der Waals surface area (Å²) < 4.78 is 17.9. The van der Waals surface area contributed by atoms with E-state index >= 15 is 0 Å². The molecule has 4 nitrogen and oxygen atoms in total. The molecule has 1 aromatic carbocycles. The molecule has 0 saturated heterocycles. The Labute approximate surface area is 110 Å². The lowest BCUT2D eigenvalue weighted by Crippen LogP contribution is -2.48. The van der Waals surface area contributed by atoms with Gasteiger partial charge in [-0.3, -0.25) is 4.79 Å². The fraction of sp³-hybridized carbons (Fsp3) is 0.417. The number of aliphatic hydroxyl groups is 1. The third kappa shape index (κ3) is 4.50. The standard InChI is InChI=1S/C12H15ClFNO3/c1-12(2,7-16)15-11(17)6-18-10-4-3-8(14)5-9(10)13/h3-5,16H,6-7H2,1-2H3,(H,15,17). The molecule has 0 aliphatic heterocycles. The second kappa shape index (κ2) is 6.02. The number of carbonyl (C=O) groups is 1. The Balaban J connectivity index is 2.53. The van der Waals surface area contributed by atoms with Crippen molar-refractivity contribution < 1.29 is 19.0 Å². The summed E-state index contributed by atoms with van der Waals surface area (Å²) in [5.41, 5.74) is -0.715. The van der Waals surface area contributed by atoms with Crippen molar-refractivity contribution in [3.63, 3.8) is 0 Å². The normalized spacial score (nSPS) is 11.2. The van der Waals surface area contributed by atoms with E-state index in [1.54, 1.807) is 13.8 Å². The highest BCUT2D eigenvalue weighted by molar-refractivity contribution is 6.32. The maximum Gasteiger partial charge on any atom is 0.258 e. The summed E-state index contributed by atoms with van der Waals surface area (Å²) in [6.07, 6.45) is 0. The number of nitrogens with one attached hydrogen (secondary N) is 1. The first kappa shape index (κ1) is 14.7. The number of hydrogen-bond donors (Lipinski definition) is 2. The molecule has 1 amide bonds. The van der Waals surface area contributed by atoms with E-state index in [4.69, 9.17) is 21.4 Å². The maximum absolute atomic E-state index is 12.8. The summed E-state index contributed by atoms with van der Waals surface area (Å²) in [6, 6.07) is 3.64. The minimum atomic E-state index is -0.715. The second-order valence-electron chi connectivity index (χ2n) is 4.45. The Hall–Kier alpha value is -1.33. The van der Waals surface area contributed by atoms with Crippen LogP contribution in [0.25, 0.3) is 0 Å². The van der Waals surface area contributed by atoms with Gasteiger partial charge in [0.05, 0.1) is 17.2 Å². The maximum atomic E-state index is 12.8. The van der Waals surface area contributed by atoms with Crippen molar-refractivity contribution in [2.24, 2.45) is 0 Å². The summed E-state index contributed by atoms with van der Waals surface area (Å²) in [7, 11) is 0. The number of carbonyl (C=O) groups excluding carboxylic acids is 1. The minimum absolute atomic E-state index is 0.101. The molecule has 2 N–H and O–H groups in total. The lowest BCUT2D eigenvalue weighted by Gasteiger charge is -2.23. The number of rotatable bonds is 5. The van der Waals surface area contributed by atoms with Crippen LogP contribution in [0.4, 0.5) is 4.39 Å². The van der Waals surface area contributed by atoms with Crippen LogP contribution >= 0.6 is 11.6 Å². The zero-order valence-corrected chi connectivity index (χ0v) is 10.9. The van der Waals surface area contributed by atoms with Crippen LogP contribution in [-0.2, 0) is 4.79 Å². The number of ether oxygens (including phenoxy) is 1. The molecule has 0 saturated carbocycles. The summed E-state index contributed by atoms with van der Waals surface area (Å²) in [5.74, 6) is -0.636. The Morgan fingerprint density at radius 3 is 2.78 bits per heavy atom. The Morgan fingerprint density at radius 2 is 2.22 bits per heavy atom. The Bertz CT molecular complexity index is 437. The van der Waals surface area contributed by atoms with E-state index in [2.05, 4.69) is 5.32 Å². The highest BCUT2D eigenvalue weighted by Crippen LogP contribution is 2.24. The van der Waals surface area contributed by atoms with Crippen LogP contribution in [0.1, 0.15) is 13.8 Å². The van der Waals surface area contributed by atoms with Crippen molar-refractivity contribution in [2.45, 2.75) is 19.4 Å². The quantitative estimate of drug-likeness (QED) is 0.861. The predicted octanol–water partition coefficient (Wildman–Crippen LogP) is 1.74. The zero-order chi connectivity index (χ0) is 13.8. The van der Waals surface area contributed by atoms with Gasteiger partial charge in [0.1, 0.15) is 11.6 Å². The van der Waals surface area contributed by atoms with E-state index in [1.807, 2.05) is 0 Å². The van der Waals surface area contributed by atoms with Crippen LogP contribution < -0.4 is 10.1 Å². The van der Waals surface area contributed by atoms with Gasteiger partial charge in [0.15, 0.2) is 6.61 Å². The SMILES string of the molecule is CC(C)(CO)NC(=O)COc1ccc(F)cc1Cl. The smallest absolute Gasteiger partial charge is 0.258 e. The van der Waals surface area contributed by atoms with Gasteiger partial charge in [-0.1, -0.05) is 11.6 Å². The fourth-order valence-corrected chi connectivity index (χ4v) is 1.41. The van der Waals surface area contributed by atoms with Crippen LogP contribution in [0, 0.1) is 5.82 Å². The molecule has 1 rings (SSSR count). The van der Waals surface area contributed by atoms with Gasteiger partial charge in [-0.15, -0.1) is 0 Å². The largest absolute Gasteiger partial charge is 0.482 e. The average molecular weight is 276 g/mol. The third-order valence-corrected chi connectivity index (χ3v) is 2.42. The molecule has 18 heavy (non-hydrogen) atoms. The van der Waals surface area contributed by atoms with E-state index in [-0.39, 0.29) is 24.0 Å². The summed E-state index contributed by atoms with van der Waals surface area (Å²) >= 11 is 5.74. The first-order chi connectivity index (χ1) is 8.34. The average Bonchev–Trinajstić information content (AvgIpc) is 2.27. The minimum Gasteiger partial charge on any atom is -0.482 e. The van der Waals surface area contributed by atoms with Crippen LogP contribution in [0.15, 0.2) is 18.2 Å². The second-order valence-corrected chi connectivity index (χ2v) is 4.86. The van der Waals surface area contributed by atoms with Gasteiger partial charge in [0.25, 0.3) is 5.91 Å². The molecule has 1 aromatic rings. The molecule has 0 atom stereocenters. The third-order valence-electron chi connectivity index (χ3n) is 2.13. The molecule has 0 aromatic heterocycles. The number of amides is 1. The molecule has 0 aliphatic rings. The number of benzene rings is 1. The van der Waals surface area contributed by atoms with Crippen LogP contribution in [0.5, 0.6) is 5.75 Å². The molecule has 6 heteroatoms. The van der Waals surface area contributed by atoms with Crippen LogP contribution in [0.3, 0.4) is 0 Å². The van der Waals surface area contributed by atoms with Gasteiger partial charge < -0.3 is 15.2 Å². The van der Waals surface area contributed by atoms with Crippen LogP contribution in [-0.4, -0.2) is 29.8 Å². The van der Waals surface area contributed by atoms with E-state index in [0.717, 1.165) is 6.07 Å². The summed E-state index contributed by atoms with van der Waals surface area (Å²) in [4.78, 5) is 11.5. The van der Waals surface area contributed by atoms with Crippen molar-refractivity contribution >= 4 is 17.5 Å². The monoisotopic (exact) mass is 275 g/mol. The fourth-order valence-electron chi connectivity index (χ4n) is 1.19. The van der Waals surface area contributed by atoms with Gasteiger partial charge >= 0.3 is 0 Å².